The highest BCUT2D eigenvalue weighted by molar-refractivity contribution is 9.10. The first-order chi connectivity index (χ1) is 9.34. The molecule has 1 unspecified atom stereocenters. The van der Waals surface area contributed by atoms with E-state index in [-0.39, 0.29) is 0 Å². The van der Waals surface area contributed by atoms with Crippen LogP contribution in [-0.4, -0.2) is 21.3 Å². The highest BCUT2D eigenvalue weighted by atomic mass is 79.9. The van der Waals surface area contributed by atoms with Gasteiger partial charge < -0.3 is 5.32 Å². The van der Waals surface area contributed by atoms with Gasteiger partial charge in [0.25, 0.3) is 0 Å². The van der Waals surface area contributed by atoms with E-state index >= 15 is 0 Å². The highest BCUT2D eigenvalue weighted by Gasteiger charge is 2.37. The highest BCUT2D eigenvalue weighted by Crippen LogP contribution is 2.46. The fourth-order valence-corrected chi connectivity index (χ4v) is 3.51. The van der Waals surface area contributed by atoms with Gasteiger partial charge in [-0.3, -0.25) is 4.98 Å². The van der Waals surface area contributed by atoms with Crippen molar-refractivity contribution in [3.8, 4) is 11.3 Å². The molecule has 0 aromatic carbocycles. The minimum Gasteiger partial charge on any atom is -0.369 e. The summed E-state index contributed by atoms with van der Waals surface area (Å²) in [5.74, 6) is 1.97. The number of nitrogens with one attached hydrogen (secondary N) is 1. The van der Waals surface area contributed by atoms with Gasteiger partial charge in [0.1, 0.15) is 11.5 Å². The van der Waals surface area contributed by atoms with Crippen LogP contribution in [0.3, 0.4) is 0 Å². The van der Waals surface area contributed by atoms with Crippen LogP contribution in [0.4, 0.5) is 5.82 Å². The van der Waals surface area contributed by atoms with Crippen LogP contribution in [0.5, 0.6) is 0 Å². The number of fused-ring (bicyclic) bond motifs is 1. The summed E-state index contributed by atoms with van der Waals surface area (Å²) in [5, 5.41) is 8.31. The molecule has 1 N–H and O–H groups in total. The van der Waals surface area contributed by atoms with E-state index in [1.807, 2.05) is 24.5 Å². The van der Waals surface area contributed by atoms with E-state index in [0.29, 0.717) is 6.04 Å². The van der Waals surface area contributed by atoms with E-state index < -0.39 is 0 Å². The molecule has 2 aromatic heterocycles. The fraction of sp³-hybridized carbons (Fsp3) is 0.429. The van der Waals surface area contributed by atoms with Gasteiger partial charge in [0.05, 0.1) is 10.5 Å². The molecule has 1 saturated carbocycles. The Hall–Kier alpha value is -1.36. The van der Waals surface area contributed by atoms with Crippen LogP contribution in [0.25, 0.3) is 11.3 Å². The second kappa shape index (κ2) is 4.34. The zero-order valence-corrected chi connectivity index (χ0v) is 12.1. The lowest BCUT2D eigenvalue weighted by Gasteiger charge is -2.25. The van der Waals surface area contributed by atoms with Gasteiger partial charge in [0.2, 0.25) is 0 Å². The van der Waals surface area contributed by atoms with Crippen molar-refractivity contribution < 1.29 is 0 Å². The second-order valence-electron chi connectivity index (χ2n) is 5.31. The van der Waals surface area contributed by atoms with Crippen molar-refractivity contribution >= 4 is 21.7 Å². The fourth-order valence-electron chi connectivity index (χ4n) is 2.88. The molecule has 0 radical (unpaired) electrons. The van der Waals surface area contributed by atoms with Crippen molar-refractivity contribution in [1.82, 2.24) is 14.8 Å². The molecular weight excluding hydrogens is 304 g/mol. The molecule has 3 heterocycles. The standard InChI is InChI=1S/C14H15BrN4/c15-12-13(10-3-6-16-7-4-10)18-19-11(9-1-2-9)5-8-17-14(12)19/h3-4,6-7,9,11,17H,1-2,5,8H2. The lowest BCUT2D eigenvalue weighted by molar-refractivity contribution is 0.376. The quantitative estimate of drug-likeness (QED) is 0.921. The zero-order valence-electron chi connectivity index (χ0n) is 10.5. The number of pyridine rings is 1. The minimum absolute atomic E-state index is 0.572. The van der Waals surface area contributed by atoms with Crippen molar-refractivity contribution in [2.24, 2.45) is 5.92 Å². The number of rotatable bonds is 2. The average molecular weight is 319 g/mol. The van der Waals surface area contributed by atoms with Gasteiger partial charge >= 0.3 is 0 Å². The molecule has 1 aliphatic heterocycles. The van der Waals surface area contributed by atoms with E-state index in [4.69, 9.17) is 5.10 Å². The van der Waals surface area contributed by atoms with Crippen molar-refractivity contribution in [2.45, 2.75) is 25.3 Å². The van der Waals surface area contributed by atoms with Crippen LogP contribution in [-0.2, 0) is 0 Å². The Bertz CT molecular complexity index is 603. The van der Waals surface area contributed by atoms with Gasteiger partial charge in [-0.05, 0) is 53.2 Å². The molecule has 5 heteroatoms. The largest absolute Gasteiger partial charge is 0.369 e. The molecule has 2 aliphatic rings. The molecule has 4 rings (SSSR count). The van der Waals surface area contributed by atoms with Gasteiger partial charge in [-0.1, -0.05) is 0 Å². The Morgan fingerprint density at radius 2 is 2.00 bits per heavy atom. The first-order valence-electron chi connectivity index (χ1n) is 6.77. The van der Waals surface area contributed by atoms with Crippen LogP contribution in [0.15, 0.2) is 29.0 Å². The topological polar surface area (TPSA) is 42.7 Å². The normalized spacial score (nSPS) is 21.8. The maximum absolute atomic E-state index is 4.84. The van der Waals surface area contributed by atoms with Crippen LogP contribution in [0.2, 0.25) is 0 Å². The number of halogens is 1. The Balaban J connectivity index is 1.82. The summed E-state index contributed by atoms with van der Waals surface area (Å²) in [6, 6.07) is 4.58. The summed E-state index contributed by atoms with van der Waals surface area (Å²) < 4.78 is 3.27. The third kappa shape index (κ3) is 1.87. The third-order valence-corrected chi connectivity index (χ3v) is 4.77. The molecule has 0 amide bonds. The van der Waals surface area contributed by atoms with Crippen molar-refractivity contribution in [3.63, 3.8) is 0 Å². The Labute approximate surface area is 120 Å². The number of anilines is 1. The molecule has 0 bridgehead atoms. The summed E-state index contributed by atoms with van der Waals surface area (Å²) in [7, 11) is 0. The molecule has 1 atom stereocenters. The second-order valence-corrected chi connectivity index (χ2v) is 6.10. The maximum Gasteiger partial charge on any atom is 0.139 e. The molecule has 1 fully saturated rings. The number of hydrogen-bond acceptors (Lipinski definition) is 3. The van der Waals surface area contributed by atoms with E-state index in [1.54, 1.807) is 0 Å². The van der Waals surface area contributed by atoms with E-state index in [9.17, 15) is 0 Å². The Morgan fingerprint density at radius 1 is 1.21 bits per heavy atom. The van der Waals surface area contributed by atoms with Gasteiger partial charge in [-0.15, -0.1) is 0 Å². The van der Waals surface area contributed by atoms with Gasteiger partial charge in [-0.2, -0.15) is 5.10 Å². The maximum atomic E-state index is 4.84. The molecular formula is C14H15BrN4. The van der Waals surface area contributed by atoms with Crippen molar-refractivity contribution in [3.05, 3.63) is 29.0 Å². The third-order valence-electron chi connectivity index (χ3n) is 4.02. The molecule has 4 nitrogen and oxygen atoms in total. The van der Waals surface area contributed by atoms with E-state index in [2.05, 4.69) is 30.9 Å². The van der Waals surface area contributed by atoms with E-state index in [0.717, 1.165) is 34.0 Å². The van der Waals surface area contributed by atoms with Gasteiger partial charge in [-0.25, -0.2) is 4.68 Å². The molecule has 19 heavy (non-hydrogen) atoms. The minimum atomic E-state index is 0.572. The van der Waals surface area contributed by atoms with Crippen LogP contribution in [0, 0.1) is 5.92 Å². The molecule has 2 aromatic rings. The summed E-state index contributed by atoms with van der Waals surface area (Å²) >= 11 is 3.70. The summed E-state index contributed by atoms with van der Waals surface area (Å²) in [6.45, 7) is 1.04. The number of nitrogens with zero attached hydrogens (tertiary/aromatic N) is 3. The number of hydrogen-bond donors (Lipinski definition) is 1. The van der Waals surface area contributed by atoms with Gasteiger partial charge in [0, 0.05) is 24.5 Å². The number of aromatic nitrogens is 3. The molecule has 1 aliphatic carbocycles. The molecule has 98 valence electrons. The molecule has 0 saturated heterocycles. The van der Waals surface area contributed by atoms with Crippen LogP contribution < -0.4 is 5.32 Å². The van der Waals surface area contributed by atoms with Crippen molar-refractivity contribution in [1.29, 1.82) is 0 Å². The summed E-state index contributed by atoms with van der Waals surface area (Å²) in [5.41, 5.74) is 2.12. The first-order valence-corrected chi connectivity index (χ1v) is 7.56. The van der Waals surface area contributed by atoms with Crippen LogP contribution >= 0.6 is 15.9 Å². The Kier molecular flexibility index (Phi) is 2.62. The summed E-state index contributed by atoms with van der Waals surface area (Å²) in [4.78, 5) is 4.07. The van der Waals surface area contributed by atoms with E-state index in [1.165, 1.54) is 19.3 Å². The zero-order chi connectivity index (χ0) is 12.8. The lowest BCUT2D eigenvalue weighted by atomic mass is 10.1. The summed E-state index contributed by atoms with van der Waals surface area (Å²) in [6.07, 6.45) is 7.51. The lowest BCUT2D eigenvalue weighted by Crippen LogP contribution is -2.24. The monoisotopic (exact) mass is 318 g/mol. The predicted molar refractivity (Wildman–Crippen MR) is 78.0 cm³/mol. The SMILES string of the molecule is Brc1c(-c2ccncc2)nn2c1NCCC2C1CC1. The molecule has 0 spiro atoms. The first kappa shape index (κ1) is 11.5. The van der Waals surface area contributed by atoms with Crippen molar-refractivity contribution in [2.75, 3.05) is 11.9 Å². The smallest absolute Gasteiger partial charge is 0.139 e. The average Bonchev–Trinajstić information content (AvgIpc) is 3.24. The Morgan fingerprint density at radius 3 is 2.74 bits per heavy atom. The van der Waals surface area contributed by atoms with Gasteiger partial charge in [0.15, 0.2) is 0 Å². The van der Waals surface area contributed by atoms with Crippen LogP contribution in [0.1, 0.15) is 25.3 Å². The predicted octanol–water partition coefficient (Wildman–Crippen LogP) is 3.47.